The van der Waals surface area contributed by atoms with Crippen molar-refractivity contribution in [3.05, 3.63) is 53.4 Å². The Kier molecular flexibility index (Phi) is 9.67. The van der Waals surface area contributed by atoms with E-state index in [0.29, 0.717) is 11.3 Å². The summed E-state index contributed by atoms with van der Waals surface area (Å²) in [5.74, 6) is -1.29. The van der Waals surface area contributed by atoms with E-state index in [2.05, 4.69) is 12.1 Å². The largest absolute Gasteiger partial charge is 0.480 e. The second-order valence-corrected chi connectivity index (χ2v) is 7.33. The van der Waals surface area contributed by atoms with Crippen LogP contribution in [0.1, 0.15) is 94.1 Å². The van der Waals surface area contributed by atoms with Gasteiger partial charge in [0.1, 0.15) is 5.92 Å². The number of hydrogen-bond acceptors (Lipinski definition) is 3. The quantitative estimate of drug-likeness (QED) is 0.393. The van der Waals surface area contributed by atoms with E-state index in [1.165, 1.54) is 57.8 Å². The first-order valence-electron chi connectivity index (χ1n) is 10.5. The summed E-state index contributed by atoms with van der Waals surface area (Å²) in [6, 6.07) is 11.0. The minimum atomic E-state index is -0.914. The van der Waals surface area contributed by atoms with Gasteiger partial charge in [0.2, 0.25) is 0 Å². The Morgan fingerprint density at radius 3 is 2.15 bits per heavy atom. The maximum absolute atomic E-state index is 11.7. The third-order valence-corrected chi connectivity index (χ3v) is 5.03. The third kappa shape index (κ3) is 7.58. The Morgan fingerprint density at radius 2 is 1.56 bits per heavy atom. The van der Waals surface area contributed by atoms with Crippen molar-refractivity contribution in [2.45, 2.75) is 83.5 Å². The van der Waals surface area contributed by atoms with Gasteiger partial charge in [-0.3, -0.25) is 4.79 Å². The number of carboxylic acid groups (broad SMARTS) is 1. The molecule has 0 saturated carbocycles. The summed E-state index contributed by atoms with van der Waals surface area (Å²) < 4.78 is 5.35. The molecule has 1 aromatic heterocycles. The molecule has 1 aromatic carbocycles. The molecule has 0 radical (unpaired) electrons. The molecule has 0 fully saturated rings. The lowest BCUT2D eigenvalue weighted by atomic mass is 9.96. The minimum Gasteiger partial charge on any atom is -0.480 e. The average molecular weight is 372 g/mol. The lowest BCUT2D eigenvalue weighted by Crippen LogP contribution is -2.12. The van der Waals surface area contributed by atoms with Crippen LogP contribution >= 0.6 is 0 Å². The zero-order valence-electron chi connectivity index (χ0n) is 16.5. The smallest absolute Gasteiger partial charge is 0.318 e. The highest BCUT2D eigenvalue weighted by atomic mass is 16.5. The van der Waals surface area contributed by atoms with Gasteiger partial charge in [-0.2, -0.15) is 0 Å². The molecule has 4 nitrogen and oxygen atoms in total. The van der Waals surface area contributed by atoms with Crippen molar-refractivity contribution in [3.63, 3.8) is 0 Å². The van der Waals surface area contributed by atoms with Gasteiger partial charge in [0.05, 0.1) is 5.69 Å². The molecule has 4 heteroatoms. The summed E-state index contributed by atoms with van der Waals surface area (Å²) in [6.07, 6.45) is 13.8. The number of benzene rings is 1. The van der Waals surface area contributed by atoms with Crippen LogP contribution < -0.4 is 0 Å². The molecule has 148 valence electrons. The van der Waals surface area contributed by atoms with Crippen LogP contribution in [0.25, 0.3) is 0 Å². The molecule has 0 aliphatic carbocycles. The van der Waals surface area contributed by atoms with Crippen LogP contribution in [-0.2, 0) is 11.2 Å². The summed E-state index contributed by atoms with van der Waals surface area (Å²) in [6.45, 7) is 2.25. The molecule has 27 heavy (non-hydrogen) atoms. The van der Waals surface area contributed by atoms with Crippen LogP contribution in [0.2, 0.25) is 0 Å². The zero-order valence-corrected chi connectivity index (χ0v) is 16.5. The standard InChI is InChI=1S/C23H33NO3/c1-2-3-4-5-6-7-8-9-10-14-17-20-18-21(27-24-20)22(23(25)26)19-15-12-11-13-16-19/h11-13,15-16,18,22H,2-10,14,17H2,1H3,(H,25,26). The molecule has 0 saturated heterocycles. The lowest BCUT2D eigenvalue weighted by molar-refractivity contribution is -0.138. The normalized spacial score (nSPS) is 12.2. The van der Waals surface area contributed by atoms with Gasteiger partial charge in [-0.25, -0.2) is 0 Å². The minimum absolute atomic E-state index is 0.413. The molecule has 1 unspecified atom stereocenters. The van der Waals surface area contributed by atoms with Crippen molar-refractivity contribution in [1.82, 2.24) is 5.16 Å². The molecule has 2 rings (SSSR count). The lowest BCUT2D eigenvalue weighted by Gasteiger charge is -2.08. The summed E-state index contributed by atoms with van der Waals surface area (Å²) in [5, 5.41) is 13.6. The van der Waals surface area contributed by atoms with Gasteiger partial charge >= 0.3 is 5.97 Å². The topological polar surface area (TPSA) is 63.3 Å². The molecule has 1 atom stereocenters. The Morgan fingerprint density at radius 1 is 0.963 bits per heavy atom. The van der Waals surface area contributed by atoms with E-state index in [9.17, 15) is 9.90 Å². The van der Waals surface area contributed by atoms with Crippen molar-refractivity contribution in [1.29, 1.82) is 0 Å². The predicted molar refractivity (Wildman–Crippen MR) is 108 cm³/mol. The van der Waals surface area contributed by atoms with Gasteiger partial charge in [-0.1, -0.05) is 100 Å². The summed E-state index contributed by atoms with van der Waals surface area (Å²) in [7, 11) is 0. The van der Waals surface area contributed by atoms with Gasteiger partial charge in [0.15, 0.2) is 5.76 Å². The molecule has 0 aliphatic rings. The van der Waals surface area contributed by atoms with Crippen LogP contribution in [0.3, 0.4) is 0 Å². The van der Waals surface area contributed by atoms with Crippen LogP contribution in [0.4, 0.5) is 0 Å². The highest BCUT2D eigenvalue weighted by Crippen LogP contribution is 2.26. The van der Waals surface area contributed by atoms with E-state index >= 15 is 0 Å². The van der Waals surface area contributed by atoms with Gasteiger partial charge in [-0.05, 0) is 18.4 Å². The Labute approximate surface area is 163 Å². The molecule has 1 N–H and O–H groups in total. The highest BCUT2D eigenvalue weighted by molar-refractivity contribution is 5.79. The first-order valence-corrected chi connectivity index (χ1v) is 10.5. The zero-order chi connectivity index (χ0) is 19.3. The molecule has 0 aliphatic heterocycles. The summed E-state index contributed by atoms with van der Waals surface area (Å²) in [4.78, 5) is 11.7. The van der Waals surface area contributed by atoms with Crippen molar-refractivity contribution in [3.8, 4) is 0 Å². The molecular weight excluding hydrogens is 338 g/mol. The molecule has 0 amide bonds. The molecule has 2 aromatic rings. The maximum atomic E-state index is 11.7. The monoisotopic (exact) mass is 371 g/mol. The predicted octanol–water partition coefficient (Wildman–Crippen LogP) is 6.35. The van der Waals surface area contributed by atoms with Crippen LogP contribution in [0.15, 0.2) is 40.9 Å². The molecule has 0 bridgehead atoms. The average Bonchev–Trinajstić information content (AvgIpc) is 3.12. The number of unbranched alkanes of at least 4 members (excludes halogenated alkanes) is 9. The van der Waals surface area contributed by atoms with Gasteiger partial charge in [0, 0.05) is 6.07 Å². The van der Waals surface area contributed by atoms with Crippen molar-refractivity contribution in [2.75, 3.05) is 0 Å². The van der Waals surface area contributed by atoms with Crippen LogP contribution in [0, 0.1) is 0 Å². The number of aryl methyl sites for hydroxylation is 1. The Hall–Kier alpha value is -2.10. The Bertz CT molecular complexity index is 651. The van der Waals surface area contributed by atoms with Crippen LogP contribution in [-0.4, -0.2) is 16.2 Å². The van der Waals surface area contributed by atoms with Gasteiger partial charge in [0.25, 0.3) is 0 Å². The van der Waals surface area contributed by atoms with E-state index in [-0.39, 0.29) is 0 Å². The third-order valence-electron chi connectivity index (χ3n) is 5.03. The van der Waals surface area contributed by atoms with Crippen LogP contribution in [0.5, 0.6) is 0 Å². The second-order valence-electron chi connectivity index (χ2n) is 7.33. The fraction of sp³-hybridized carbons (Fsp3) is 0.565. The number of rotatable bonds is 14. The number of carbonyl (C=O) groups is 1. The van der Waals surface area contributed by atoms with E-state index in [4.69, 9.17) is 4.52 Å². The molecule has 1 heterocycles. The molecule has 0 spiro atoms. The van der Waals surface area contributed by atoms with Gasteiger partial charge < -0.3 is 9.63 Å². The SMILES string of the molecule is CCCCCCCCCCCCc1cc(C(C(=O)O)c2ccccc2)on1. The first kappa shape index (κ1) is 21.2. The number of aromatic nitrogens is 1. The van der Waals surface area contributed by atoms with Crippen molar-refractivity contribution >= 4 is 5.97 Å². The summed E-state index contributed by atoms with van der Waals surface area (Å²) >= 11 is 0. The fourth-order valence-corrected chi connectivity index (χ4v) is 3.45. The number of nitrogens with zero attached hydrogens (tertiary/aromatic N) is 1. The highest BCUT2D eigenvalue weighted by Gasteiger charge is 2.26. The van der Waals surface area contributed by atoms with E-state index in [0.717, 1.165) is 18.5 Å². The molecular formula is C23H33NO3. The van der Waals surface area contributed by atoms with Crippen molar-refractivity contribution < 1.29 is 14.4 Å². The van der Waals surface area contributed by atoms with E-state index < -0.39 is 11.9 Å². The Balaban J connectivity index is 1.69. The number of aliphatic carboxylic acids is 1. The summed E-state index contributed by atoms with van der Waals surface area (Å²) in [5.41, 5.74) is 1.57. The van der Waals surface area contributed by atoms with Gasteiger partial charge in [-0.15, -0.1) is 0 Å². The van der Waals surface area contributed by atoms with E-state index in [1.807, 2.05) is 30.3 Å². The van der Waals surface area contributed by atoms with E-state index in [1.54, 1.807) is 6.07 Å². The second kappa shape index (κ2) is 12.3. The number of carboxylic acids is 1. The first-order chi connectivity index (χ1) is 13.2. The fourth-order valence-electron chi connectivity index (χ4n) is 3.45. The maximum Gasteiger partial charge on any atom is 0.318 e. The van der Waals surface area contributed by atoms with Crippen molar-refractivity contribution in [2.24, 2.45) is 0 Å². The number of hydrogen-bond donors (Lipinski definition) is 1.